The second kappa shape index (κ2) is 3.39. The van der Waals surface area contributed by atoms with Gasteiger partial charge in [0.15, 0.2) is 0 Å². The van der Waals surface area contributed by atoms with Crippen molar-refractivity contribution in [3.05, 3.63) is 0 Å². The van der Waals surface area contributed by atoms with Crippen molar-refractivity contribution >= 4 is 12.2 Å². The van der Waals surface area contributed by atoms with Crippen LogP contribution in [0.4, 0.5) is 13.2 Å². The molecule has 1 aliphatic rings. The van der Waals surface area contributed by atoms with Crippen molar-refractivity contribution in [1.29, 1.82) is 0 Å². The number of oxime groups is 1. The van der Waals surface area contributed by atoms with E-state index in [1.807, 2.05) is 0 Å². The van der Waals surface area contributed by atoms with E-state index in [2.05, 4.69) is 9.99 Å². The summed E-state index contributed by atoms with van der Waals surface area (Å²) in [6.07, 6.45) is -3.93. The molecule has 0 aromatic heterocycles. The highest BCUT2D eigenvalue weighted by atomic mass is 19.4. The van der Waals surface area contributed by atoms with Gasteiger partial charge in [0.2, 0.25) is 0 Å². The van der Waals surface area contributed by atoms with Crippen molar-refractivity contribution in [2.75, 3.05) is 0 Å². The van der Waals surface area contributed by atoms with Crippen molar-refractivity contribution in [3.8, 4) is 0 Å². The van der Waals surface area contributed by atoms with E-state index >= 15 is 0 Å². The molecule has 0 aliphatic heterocycles. The first-order valence-corrected chi connectivity index (χ1v) is 4.17. The molecule has 0 saturated heterocycles. The summed E-state index contributed by atoms with van der Waals surface area (Å²) in [5.41, 5.74) is -0.565. The second-order valence-electron chi connectivity index (χ2n) is 3.95. The average molecular weight is 225 g/mol. The zero-order valence-electron chi connectivity index (χ0n) is 8.08. The van der Waals surface area contributed by atoms with Gasteiger partial charge in [0.1, 0.15) is 0 Å². The molecule has 0 heterocycles. The lowest BCUT2D eigenvalue weighted by molar-refractivity contribution is -0.325. The predicted molar refractivity (Wildman–Crippen MR) is 44.0 cm³/mol. The number of rotatable bonds is 3. The number of alkyl halides is 3. The first-order valence-electron chi connectivity index (χ1n) is 4.17. The molecule has 0 bridgehead atoms. The summed E-state index contributed by atoms with van der Waals surface area (Å²) in [6.45, 7) is 3.30. The molecular formula is C8H10F3NO3. The number of hydrogen-bond donors (Lipinski definition) is 1. The molecule has 0 radical (unpaired) electrons. The van der Waals surface area contributed by atoms with Crippen LogP contribution in [-0.2, 0) is 9.63 Å². The molecule has 1 rings (SSSR count). The highest BCUT2D eigenvalue weighted by Crippen LogP contribution is 2.57. The van der Waals surface area contributed by atoms with Crippen molar-refractivity contribution < 1.29 is 27.9 Å². The fourth-order valence-corrected chi connectivity index (χ4v) is 1.58. The molecule has 1 N–H and O–H groups in total. The summed E-state index contributed by atoms with van der Waals surface area (Å²) in [7, 11) is 0. The molecular weight excluding hydrogens is 215 g/mol. The Morgan fingerprint density at radius 3 is 2.40 bits per heavy atom. The fraction of sp³-hybridized carbons (Fsp3) is 0.750. The zero-order valence-corrected chi connectivity index (χ0v) is 8.08. The normalized spacial score (nSPS) is 29.1. The van der Waals surface area contributed by atoms with E-state index in [9.17, 15) is 18.0 Å². The van der Waals surface area contributed by atoms with Crippen LogP contribution in [0.15, 0.2) is 5.16 Å². The van der Waals surface area contributed by atoms with Crippen LogP contribution in [0.1, 0.15) is 13.8 Å². The smallest absolute Gasteiger partial charge is 0.481 e. The zero-order chi connectivity index (χ0) is 11.9. The Labute approximate surface area is 83.7 Å². The molecule has 2 atom stereocenters. The van der Waals surface area contributed by atoms with Crippen LogP contribution < -0.4 is 0 Å². The van der Waals surface area contributed by atoms with Crippen LogP contribution in [0.2, 0.25) is 0 Å². The van der Waals surface area contributed by atoms with Crippen LogP contribution in [0.25, 0.3) is 0 Å². The van der Waals surface area contributed by atoms with E-state index < -0.39 is 29.6 Å². The Hall–Kier alpha value is -1.27. The fourth-order valence-electron chi connectivity index (χ4n) is 1.58. The number of halogens is 3. The molecule has 4 nitrogen and oxygen atoms in total. The van der Waals surface area contributed by atoms with Gasteiger partial charge in [-0.3, -0.25) is 9.63 Å². The highest BCUT2D eigenvalue weighted by molar-refractivity contribution is 5.84. The van der Waals surface area contributed by atoms with Gasteiger partial charge >= 0.3 is 12.3 Å². The minimum Gasteiger partial charge on any atom is -0.481 e. The topological polar surface area (TPSA) is 58.9 Å². The second-order valence-corrected chi connectivity index (χ2v) is 3.95. The monoisotopic (exact) mass is 225 g/mol. The van der Waals surface area contributed by atoms with Crippen LogP contribution in [0.3, 0.4) is 0 Å². The third kappa shape index (κ3) is 2.60. The third-order valence-corrected chi connectivity index (χ3v) is 2.55. The van der Waals surface area contributed by atoms with Crippen molar-refractivity contribution in [1.82, 2.24) is 0 Å². The number of nitrogens with zero attached hydrogens (tertiary/aromatic N) is 1. The van der Waals surface area contributed by atoms with Gasteiger partial charge in [0.05, 0.1) is 5.92 Å². The summed E-state index contributed by atoms with van der Waals surface area (Å²) >= 11 is 0. The maximum Gasteiger partial charge on any atom is 0.593 e. The Kier molecular flexibility index (Phi) is 2.67. The Bertz CT molecular complexity index is 298. The number of hydrogen-bond acceptors (Lipinski definition) is 3. The lowest BCUT2D eigenvalue weighted by atomic mass is 10.1. The van der Waals surface area contributed by atoms with E-state index in [0.29, 0.717) is 0 Å². The van der Waals surface area contributed by atoms with Crippen molar-refractivity contribution in [3.63, 3.8) is 0 Å². The first kappa shape index (κ1) is 11.8. The predicted octanol–water partition coefficient (Wildman–Crippen LogP) is 1.87. The van der Waals surface area contributed by atoms with Gasteiger partial charge in [-0.15, -0.1) is 13.2 Å². The molecule has 0 aromatic rings. The molecule has 1 fully saturated rings. The molecule has 86 valence electrons. The summed E-state index contributed by atoms with van der Waals surface area (Å²) in [5.74, 6) is -2.25. The summed E-state index contributed by atoms with van der Waals surface area (Å²) in [4.78, 5) is 13.8. The Morgan fingerprint density at radius 1 is 1.53 bits per heavy atom. The molecule has 1 aliphatic carbocycles. The van der Waals surface area contributed by atoms with Crippen molar-refractivity contribution in [2.24, 2.45) is 22.4 Å². The van der Waals surface area contributed by atoms with Crippen LogP contribution >= 0.6 is 0 Å². The van der Waals surface area contributed by atoms with Gasteiger partial charge in [-0.05, 0) is 5.41 Å². The van der Waals surface area contributed by atoms with Crippen LogP contribution in [0.5, 0.6) is 0 Å². The molecule has 7 heteroatoms. The van der Waals surface area contributed by atoms with E-state index in [4.69, 9.17) is 5.11 Å². The van der Waals surface area contributed by atoms with Gasteiger partial charge in [-0.2, -0.15) is 0 Å². The lowest BCUT2D eigenvalue weighted by Crippen LogP contribution is -2.09. The maximum absolute atomic E-state index is 11.5. The number of aliphatic carboxylic acids is 1. The highest BCUT2D eigenvalue weighted by Gasteiger charge is 2.61. The van der Waals surface area contributed by atoms with Crippen LogP contribution in [-0.4, -0.2) is 23.7 Å². The van der Waals surface area contributed by atoms with Crippen molar-refractivity contribution in [2.45, 2.75) is 20.2 Å². The summed E-state index contributed by atoms with van der Waals surface area (Å²) < 4.78 is 34.6. The minimum atomic E-state index is -4.83. The third-order valence-electron chi connectivity index (χ3n) is 2.55. The quantitative estimate of drug-likeness (QED) is 0.589. The van der Waals surface area contributed by atoms with Gasteiger partial charge < -0.3 is 5.11 Å². The Morgan fingerprint density at radius 2 is 2.07 bits per heavy atom. The van der Waals surface area contributed by atoms with Gasteiger partial charge in [-0.1, -0.05) is 19.0 Å². The lowest BCUT2D eigenvalue weighted by Gasteiger charge is -2.00. The van der Waals surface area contributed by atoms with E-state index in [0.717, 1.165) is 6.21 Å². The first-order chi connectivity index (χ1) is 6.66. The Balaban J connectivity index is 2.52. The van der Waals surface area contributed by atoms with Gasteiger partial charge in [0.25, 0.3) is 0 Å². The molecule has 1 unspecified atom stereocenters. The minimum absolute atomic E-state index is 0.516. The molecule has 0 spiro atoms. The number of carboxylic acids is 1. The summed E-state index contributed by atoms with van der Waals surface area (Å²) in [6, 6.07) is 0. The summed E-state index contributed by atoms with van der Waals surface area (Å²) in [5, 5.41) is 11.4. The standard InChI is InChI=1S/C8H10F3NO3/c1-7(2)4(5(7)6(13)14)3-12-15-8(9,10)11/h3-5H,1-2H3,(H,13,14)/b12-3+/t4?,5-/m0/s1. The largest absolute Gasteiger partial charge is 0.593 e. The number of carboxylic acid groups (broad SMARTS) is 1. The molecule has 0 aromatic carbocycles. The number of carbonyl (C=O) groups is 1. The van der Waals surface area contributed by atoms with Gasteiger partial charge in [-0.25, -0.2) is 0 Å². The van der Waals surface area contributed by atoms with Crippen LogP contribution in [0, 0.1) is 17.3 Å². The maximum atomic E-state index is 11.5. The average Bonchev–Trinajstić information content (AvgIpc) is 2.50. The van der Waals surface area contributed by atoms with E-state index in [1.54, 1.807) is 13.8 Å². The van der Waals surface area contributed by atoms with Gasteiger partial charge in [0, 0.05) is 12.1 Å². The molecule has 0 amide bonds. The van der Waals surface area contributed by atoms with E-state index in [1.165, 1.54) is 0 Å². The molecule has 1 saturated carbocycles. The SMILES string of the molecule is CC1(C)C(/C=N/OC(F)(F)F)[C@H]1C(=O)O. The molecule has 15 heavy (non-hydrogen) atoms. The van der Waals surface area contributed by atoms with E-state index in [-0.39, 0.29) is 0 Å².